The van der Waals surface area contributed by atoms with E-state index in [-0.39, 0.29) is 17.6 Å². The Morgan fingerprint density at radius 2 is 2.15 bits per heavy atom. The van der Waals surface area contributed by atoms with E-state index >= 15 is 0 Å². The molecule has 0 unspecified atom stereocenters. The normalized spacial score (nSPS) is 17.5. The van der Waals surface area contributed by atoms with Gasteiger partial charge in [-0.3, -0.25) is 4.79 Å². The average molecular weight is 356 g/mol. The molecule has 0 saturated carbocycles. The van der Waals surface area contributed by atoms with Gasteiger partial charge in [0.25, 0.3) is 5.91 Å². The standard InChI is InChI=1S/C18H17FN4O3/c1-11-14(9-20-25-11)18(24)23-8-4-5-12(10-23)17-21-16(22-26-17)13-6-2-3-7-15(13)19/h2-3,6-7,9,12H,4-5,8,10H2,1H3/t12-/m0/s1. The highest BCUT2D eigenvalue weighted by molar-refractivity contribution is 5.94. The largest absolute Gasteiger partial charge is 0.361 e. The van der Waals surface area contributed by atoms with Crippen molar-refractivity contribution in [3.05, 3.63) is 53.5 Å². The van der Waals surface area contributed by atoms with E-state index in [0.29, 0.717) is 35.9 Å². The molecule has 0 bridgehead atoms. The molecule has 2 aromatic heterocycles. The molecule has 7 nitrogen and oxygen atoms in total. The topological polar surface area (TPSA) is 85.3 Å². The fourth-order valence-corrected chi connectivity index (χ4v) is 3.19. The van der Waals surface area contributed by atoms with E-state index in [1.165, 1.54) is 12.3 Å². The Morgan fingerprint density at radius 3 is 2.92 bits per heavy atom. The first kappa shape index (κ1) is 16.4. The zero-order chi connectivity index (χ0) is 18.1. The predicted molar refractivity (Wildman–Crippen MR) is 88.8 cm³/mol. The van der Waals surface area contributed by atoms with Crippen molar-refractivity contribution >= 4 is 5.91 Å². The number of rotatable bonds is 3. The maximum Gasteiger partial charge on any atom is 0.259 e. The van der Waals surface area contributed by atoms with Crippen molar-refractivity contribution in [3.63, 3.8) is 0 Å². The summed E-state index contributed by atoms with van der Waals surface area (Å²) in [6.45, 7) is 2.82. The lowest BCUT2D eigenvalue weighted by molar-refractivity contribution is 0.0694. The molecule has 0 spiro atoms. The van der Waals surface area contributed by atoms with Crippen LogP contribution in [0.5, 0.6) is 0 Å². The van der Waals surface area contributed by atoms with Crippen LogP contribution in [0.1, 0.15) is 40.8 Å². The van der Waals surface area contributed by atoms with Crippen molar-refractivity contribution in [2.24, 2.45) is 0 Å². The van der Waals surface area contributed by atoms with Gasteiger partial charge in [-0.05, 0) is 31.9 Å². The van der Waals surface area contributed by atoms with Gasteiger partial charge < -0.3 is 13.9 Å². The molecular formula is C18H17FN4O3. The molecule has 1 aliphatic heterocycles. The molecule has 1 amide bonds. The van der Waals surface area contributed by atoms with Crippen LogP contribution in [0.3, 0.4) is 0 Å². The summed E-state index contributed by atoms with van der Waals surface area (Å²) in [7, 11) is 0. The summed E-state index contributed by atoms with van der Waals surface area (Å²) < 4.78 is 24.2. The van der Waals surface area contributed by atoms with Crippen LogP contribution in [0, 0.1) is 12.7 Å². The van der Waals surface area contributed by atoms with Gasteiger partial charge in [0.05, 0.1) is 17.7 Å². The first-order chi connectivity index (χ1) is 12.6. The third-order valence-electron chi connectivity index (χ3n) is 4.60. The van der Waals surface area contributed by atoms with Gasteiger partial charge in [0.2, 0.25) is 11.7 Å². The van der Waals surface area contributed by atoms with E-state index < -0.39 is 5.82 Å². The number of hydrogen-bond donors (Lipinski definition) is 0. The minimum absolute atomic E-state index is 0.0825. The Labute approximate surface area is 148 Å². The number of nitrogens with zero attached hydrogens (tertiary/aromatic N) is 4. The maximum absolute atomic E-state index is 13.9. The molecule has 8 heteroatoms. The molecule has 0 radical (unpaired) electrons. The number of aryl methyl sites for hydroxylation is 1. The second-order valence-corrected chi connectivity index (χ2v) is 6.32. The number of amides is 1. The molecule has 134 valence electrons. The molecule has 3 aromatic rings. The van der Waals surface area contributed by atoms with Crippen LogP contribution < -0.4 is 0 Å². The van der Waals surface area contributed by atoms with Gasteiger partial charge in [-0.1, -0.05) is 22.4 Å². The van der Waals surface area contributed by atoms with Crippen molar-refractivity contribution in [3.8, 4) is 11.4 Å². The lowest BCUT2D eigenvalue weighted by Gasteiger charge is -2.30. The summed E-state index contributed by atoms with van der Waals surface area (Å²) in [6.07, 6.45) is 3.08. The molecule has 1 fully saturated rings. The fourth-order valence-electron chi connectivity index (χ4n) is 3.19. The van der Waals surface area contributed by atoms with Crippen LogP contribution in [0.2, 0.25) is 0 Å². The number of carbonyl (C=O) groups is 1. The third kappa shape index (κ3) is 2.98. The molecule has 1 saturated heterocycles. The zero-order valence-corrected chi connectivity index (χ0v) is 14.2. The molecule has 4 rings (SSSR count). The molecule has 1 aromatic carbocycles. The van der Waals surface area contributed by atoms with Crippen LogP contribution in [-0.4, -0.2) is 39.2 Å². The molecule has 26 heavy (non-hydrogen) atoms. The van der Waals surface area contributed by atoms with Crippen LogP contribution in [0.4, 0.5) is 4.39 Å². The maximum atomic E-state index is 13.9. The number of piperidine rings is 1. The Kier molecular flexibility index (Phi) is 4.24. The molecular weight excluding hydrogens is 339 g/mol. The fraction of sp³-hybridized carbons (Fsp3) is 0.333. The van der Waals surface area contributed by atoms with Crippen LogP contribution >= 0.6 is 0 Å². The number of aromatic nitrogens is 3. The van der Waals surface area contributed by atoms with E-state index in [2.05, 4.69) is 15.3 Å². The van der Waals surface area contributed by atoms with E-state index in [4.69, 9.17) is 9.05 Å². The second kappa shape index (κ2) is 6.70. The highest BCUT2D eigenvalue weighted by atomic mass is 19.1. The van der Waals surface area contributed by atoms with Gasteiger partial charge in [-0.25, -0.2) is 4.39 Å². The van der Waals surface area contributed by atoms with E-state index in [0.717, 1.165) is 12.8 Å². The summed E-state index contributed by atoms with van der Waals surface area (Å²) in [6, 6.07) is 6.29. The highest BCUT2D eigenvalue weighted by Gasteiger charge is 2.30. The number of halogens is 1. The SMILES string of the molecule is Cc1oncc1C(=O)N1CCC[C@H](c2nc(-c3ccccc3F)no2)C1. The predicted octanol–water partition coefficient (Wildman–Crippen LogP) is 3.19. The van der Waals surface area contributed by atoms with Gasteiger partial charge in [0.15, 0.2) is 0 Å². The van der Waals surface area contributed by atoms with Gasteiger partial charge >= 0.3 is 0 Å². The van der Waals surface area contributed by atoms with Gasteiger partial charge in [-0.2, -0.15) is 4.98 Å². The summed E-state index contributed by atoms with van der Waals surface area (Å²) in [4.78, 5) is 18.7. The van der Waals surface area contributed by atoms with Crippen molar-refractivity contribution in [1.82, 2.24) is 20.2 Å². The number of likely N-dealkylation sites (tertiary alicyclic amines) is 1. The Hall–Kier alpha value is -3.03. The average Bonchev–Trinajstić information content (AvgIpc) is 3.31. The van der Waals surface area contributed by atoms with Crippen LogP contribution in [-0.2, 0) is 0 Å². The number of benzene rings is 1. The minimum atomic E-state index is -0.400. The third-order valence-corrected chi connectivity index (χ3v) is 4.60. The molecule has 1 atom stereocenters. The Balaban J connectivity index is 1.53. The van der Waals surface area contributed by atoms with Crippen LogP contribution in [0.15, 0.2) is 39.5 Å². The first-order valence-corrected chi connectivity index (χ1v) is 8.42. The van der Waals surface area contributed by atoms with Crippen molar-refractivity contribution < 1.29 is 18.2 Å². The van der Waals surface area contributed by atoms with Crippen LogP contribution in [0.25, 0.3) is 11.4 Å². The lowest BCUT2D eigenvalue weighted by Crippen LogP contribution is -2.39. The second-order valence-electron chi connectivity index (χ2n) is 6.32. The quantitative estimate of drug-likeness (QED) is 0.716. The van der Waals surface area contributed by atoms with Crippen molar-refractivity contribution in [2.45, 2.75) is 25.7 Å². The molecule has 3 heterocycles. The summed E-state index contributed by atoms with van der Waals surface area (Å²) in [5.74, 6) is 0.530. The lowest BCUT2D eigenvalue weighted by atomic mass is 9.97. The van der Waals surface area contributed by atoms with E-state index in [1.54, 1.807) is 30.0 Å². The smallest absolute Gasteiger partial charge is 0.259 e. The zero-order valence-electron chi connectivity index (χ0n) is 14.2. The summed E-state index contributed by atoms with van der Waals surface area (Å²) in [5, 5.41) is 7.56. The number of hydrogen-bond acceptors (Lipinski definition) is 6. The first-order valence-electron chi connectivity index (χ1n) is 8.42. The number of carbonyl (C=O) groups excluding carboxylic acids is 1. The Bertz CT molecular complexity index is 936. The molecule has 0 aliphatic carbocycles. The van der Waals surface area contributed by atoms with E-state index in [1.807, 2.05) is 0 Å². The molecule has 0 N–H and O–H groups in total. The van der Waals surface area contributed by atoms with E-state index in [9.17, 15) is 9.18 Å². The van der Waals surface area contributed by atoms with Gasteiger partial charge in [-0.15, -0.1) is 0 Å². The summed E-state index contributed by atoms with van der Waals surface area (Å²) >= 11 is 0. The Morgan fingerprint density at radius 1 is 1.31 bits per heavy atom. The summed E-state index contributed by atoms with van der Waals surface area (Å²) in [5.41, 5.74) is 0.759. The van der Waals surface area contributed by atoms with Gasteiger partial charge in [0.1, 0.15) is 17.1 Å². The van der Waals surface area contributed by atoms with Crippen molar-refractivity contribution in [1.29, 1.82) is 0 Å². The van der Waals surface area contributed by atoms with Crippen molar-refractivity contribution in [2.75, 3.05) is 13.1 Å². The minimum Gasteiger partial charge on any atom is -0.361 e. The molecule has 1 aliphatic rings. The highest BCUT2D eigenvalue weighted by Crippen LogP contribution is 2.29. The monoisotopic (exact) mass is 356 g/mol. The van der Waals surface area contributed by atoms with Gasteiger partial charge in [0, 0.05) is 13.1 Å².